The van der Waals surface area contributed by atoms with Gasteiger partial charge in [0.1, 0.15) is 12.6 Å². The Morgan fingerprint density at radius 1 is 0.477 bits per heavy atom. The van der Waals surface area contributed by atoms with Crippen molar-refractivity contribution in [1.82, 2.24) is 0 Å². The van der Waals surface area contributed by atoms with E-state index in [-0.39, 0.29) is 49.1 Å². The molecule has 8 heteroatoms. The number of unbranched alkanes of at least 4 members (excludes halogenated alkanes) is 18. The molecule has 0 aromatic carbocycles. The number of carbonyl (C=O) groups excluding carboxylic acids is 3. The van der Waals surface area contributed by atoms with Crippen LogP contribution < -0.4 is 5.11 Å². The average Bonchev–Trinajstić information content (AvgIpc) is 3.27. The second-order valence-electron chi connectivity index (χ2n) is 18.4. The van der Waals surface area contributed by atoms with Crippen molar-refractivity contribution >= 4 is 17.9 Å². The summed E-state index contributed by atoms with van der Waals surface area (Å²) < 4.78 is 17.2. The van der Waals surface area contributed by atoms with Crippen molar-refractivity contribution < 1.29 is 38.2 Å². The fraction of sp³-hybridized carbons (Fsp3) is 0.702. The molecule has 0 saturated heterocycles. The summed E-state index contributed by atoms with van der Waals surface area (Å²) in [6, 6.07) is -0.739. The molecule has 2 atom stereocenters. The van der Waals surface area contributed by atoms with E-state index in [4.69, 9.17) is 14.2 Å². The van der Waals surface area contributed by atoms with Gasteiger partial charge in [-0.2, -0.15) is 0 Å². The van der Waals surface area contributed by atoms with Gasteiger partial charge >= 0.3 is 11.9 Å². The Balaban J connectivity index is 4.32. The zero-order valence-corrected chi connectivity index (χ0v) is 42.4. The number of hydrogen-bond acceptors (Lipinski definition) is 7. The normalized spacial score (nSPS) is 13.6. The summed E-state index contributed by atoms with van der Waals surface area (Å²) in [5, 5.41) is 11.7. The van der Waals surface area contributed by atoms with Crippen LogP contribution in [-0.2, 0) is 28.6 Å². The maximum atomic E-state index is 12.8. The SMILES string of the molecule is CC/C=C/C/C=C/C/C=C/C/C=C/C/C=C/CCCCCC(=O)OC(COCCC(C(=O)[O-])[N+](C)(C)C)COC(=O)CCCCCCCCC/C=C/C/C=C/CCCCCCCCCC. The lowest BCUT2D eigenvalue weighted by molar-refractivity contribution is -0.889. The van der Waals surface area contributed by atoms with Crippen molar-refractivity contribution in [3.05, 3.63) is 85.1 Å². The highest BCUT2D eigenvalue weighted by Gasteiger charge is 2.25. The van der Waals surface area contributed by atoms with Gasteiger partial charge in [0.25, 0.3) is 0 Å². The molecule has 0 bridgehead atoms. The van der Waals surface area contributed by atoms with E-state index in [1.807, 2.05) is 0 Å². The molecule has 0 fully saturated rings. The number of likely N-dealkylation sites (N-methyl/N-ethyl adjacent to an activating group) is 1. The summed E-state index contributed by atoms with van der Waals surface area (Å²) in [6.45, 7) is 4.51. The molecule has 0 aliphatic heterocycles. The van der Waals surface area contributed by atoms with Crippen molar-refractivity contribution in [2.45, 2.75) is 219 Å². The molecular formula is C57H97NO7. The van der Waals surface area contributed by atoms with E-state index in [0.717, 1.165) is 83.5 Å². The van der Waals surface area contributed by atoms with Gasteiger partial charge in [-0.15, -0.1) is 0 Å². The lowest BCUT2D eigenvalue weighted by Gasteiger charge is -2.34. The van der Waals surface area contributed by atoms with E-state index in [2.05, 4.69) is 98.9 Å². The predicted octanol–water partition coefficient (Wildman–Crippen LogP) is 13.9. The topological polar surface area (TPSA) is 102 Å². The van der Waals surface area contributed by atoms with Crippen LogP contribution in [0.25, 0.3) is 0 Å². The summed E-state index contributed by atoms with van der Waals surface area (Å²) in [4.78, 5) is 37.0. The van der Waals surface area contributed by atoms with E-state index >= 15 is 0 Å². The van der Waals surface area contributed by atoms with Crippen molar-refractivity contribution in [3.8, 4) is 0 Å². The van der Waals surface area contributed by atoms with Crippen LogP contribution in [0.15, 0.2) is 85.1 Å². The molecule has 0 spiro atoms. The average molecular weight is 908 g/mol. The summed E-state index contributed by atoms with van der Waals surface area (Å²) in [6.07, 6.45) is 61.9. The molecule has 0 radical (unpaired) electrons. The second kappa shape index (κ2) is 47.0. The molecule has 0 aliphatic carbocycles. The summed E-state index contributed by atoms with van der Waals surface area (Å²) in [5.74, 6) is -1.79. The van der Waals surface area contributed by atoms with E-state index in [1.165, 1.54) is 83.5 Å². The number of allylic oxidation sites excluding steroid dienone is 14. The number of nitrogens with zero attached hydrogens (tertiary/aromatic N) is 1. The molecular weight excluding hydrogens is 811 g/mol. The van der Waals surface area contributed by atoms with E-state index < -0.39 is 18.1 Å². The maximum absolute atomic E-state index is 12.8. The van der Waals surface area contributed by atoms with Gasteiger partial charge in [-0.05, 0) is 89.9 Å². The first-order valence-electron chi connectivity index (χ1n) is 26.1. The highest BCUT2D eigenvalue weighted by Crippen LogP contribution is 2.14. The number of aliphatic carboxylic acids is 1. The highest BCUT2D eigenvalue weighted by molar-refractivity contribution is 5.70. The van der Waals surface area contributed by atoms with Crippen LogP contribution in [0.3, 0.4) is 0 Å². The van der Waals surface area contributed by atoms with Gasteiger partial charge in [-0.3, -0.25) is 9.59 Å². The van der Waals surface area contributed by atoms with Crippen LogP contribution >= 0.6 is 0 Å². The molecule has 372 valence electrons. The Morgan fingerprint density at radius 2 is 0.862 bits per heavy atom. The highest BCUT2D eigenvalue weighted by atomic mass is 16.6. The number of hydrogen-bond donors (Lipinski definition) is 0. The number of carbonyl (C=O) groups is 3. The molecule has 0 saturated carbocycles. The molecule has 8 nitrogen and oxygen atoms in total. The molecule has 0 aliphatic rings. The van der Waals surface area contributed by atoms with Gasteiger partial charge < -0.3 is 28.6 Å². The number of quaternary nitrogens is 1. The summed E-state index contributed by atoms with van der Waals surface area (Å²) >= 11 is 0. The number of esters is 2. The molecule has 0 rings (SSSR count). The molecule has 0 N–H and O–H groups in total. The zero-order valence-electron chi connectivity index (χ0n) is 42.4. The summed E-state index contributed by atoms with van der Waals surface area (Å²) in [5.41, 5.74) is 0. The smallest absolute Gasteiger partial charge is 0.306 e. The van der Waals surface area contributed by atoms with Gasteiger partial charge in [-0.1, -0.05) is 182 Å². The third kappa shape index (κ3) is 45.5. The van der Waals surface area contributed by atoms with Crippen LogP contribution in [-0.4, -0.2) is 75.5 Å². The largest absolute Gasteiger partial charge is 0.544 e. The minimum Gasteiger partial charge on any atom is -0.544 e. The van der Waals surface area contributed by atoms with Gasteiger partial charge in [0.2, 0.25) is 0 Å². The van der Waals surface area contributed by atoms with Crippen LogP contribution in [0.2, 0.25) is 0 Å². The molecule has 0 heterocycles. The third-order valence-electron chi connectivity index (χ3n) is 11.3. The van der Waals surface area contributed by atoms with Crippen molar-refractivity contribution in [2.75, 3.05) is 41.0 Å². The fourth-order valence-corrected chi connectivity index (χ4v) is 7.25. The van der Waals surface area contributed by atoms with Crippen LogP contribution in [0.5, 0.6) is 0 Å². The lowest BCUT2D eigenvalue weighted by Crippen LogP contribution is -2.55. The van der Waals surface area contributed by atoms with Gasteiger partial charge in [-0.25, -0.2) is 0 Å². The van der Waals surface area contributed by atoms with E-state index in [9.17, 15) is 19.5 Å². The number of ether oxygens (including phenoxy) is 3. The fourth-order valence-electron chi connectivity index (χ4n) is 7.25. The van der Waals surface area contributed by atoms with E-state index in [0.29, 0.717) is 12.8 Å². The summed E-state index contributed by atoms with van der Waals surface area (Å²) in [7, 11) is 5.39. The standard InChI is InChI=1S/C57H97NO7/c1-6-8-10-12-14-16-18-20-22-24-26-27-28-30-31-33-35-37-39-41-43-45-47-55(59)64-52-53(51-63-50-49-54(57(61)62)58(3,4)5)65-56(60)48-46-44-42-40-38-36-34-32-29-25-23-21-19-17-15-13-11-9-7-2/h9,11,15,17,21,23-24,26,28-30,32,36,38,53-54H,6-8,10,12-14,16,18-20,22,25,27,31,33-35,37,39-52H2,1-5H3/b11-9+,17-15+,23-21+,26-24+,30-28+,32-29+,38-36+. The van der Waals surface area contributed by atoms with Crippen molar-refractivity contribution in [2.24, 2.45) is 0 Å². The third-order valence-corrected chi connectivity index (χ3v) is 11.3. The molecule has 65 heavy (non-hydrogen) atoms. The molecule has 0 amide bonds. The molecule has 0 aromatic heterocycles. The zero-order chi connectivity index (χ0) is 47.7. The van der Waals surface area contributed by atoms with Gasteiger partial charge in [0, 0.05) is 19.3 Å². The van der Waals surface area contributed by atoms with E-state index in [1.54, 1.807) is 21.1 Å². The minimum atomic E-state index is -1.13. The number of rotatable bonds is 46. The Bertz CT molecular complexity index is 1330. The Labute approximate surface area is 399 Å². The minimum absolute atomic E-state index is 0.0201. The van der Waals surface area contributed by atoms with Crippen LogP contribution in [0.4, 0.5) is 0 Å². The number of carboxylic acids is 1. The van der Waals surface area contributed by atoms with Gasteiger partial charge in [0.05, 0.1) is 40.3 Å². The quantitative estimate of drug-likeness (QED) is 0.0259. The second-order valence-corrected chi connectivity index (χ2v) is 18.4. The first kappa shape index (κ1) is 61.5. The number of carboxylic acid groups (broad SMARTS) is 1. The van der Waals surface area contributed by atoms with Crippen molar-refractivity contribution in [1.29, 1.82) is 0 Å². The Hall–Kier alpha value is -3.49. The van der Waals surface area contributed by atoms with Crippen LogP contribution in [0, 0.1) is 0 Å². The maximum Gasteiger partial charge on any atom is 0.306 e. The monoisotopic (exact) mass is 908 g/mol. The molecule has 2 unspecified atom stereocenters. The molecule has 0 aromatic rings. The first-order valence-corrected chi connectivity index (χ1v) is 26.1. The van der Waals surface area contributed by atoms with Gasteiger partial charge in [0.15, 0.2) is 6.10 Å². The Morgan fingerprint density at radius 3 is 1.29 bits per heavy atom. The predicted molar refractivity (Wildman–Crippen MR) is 272 cm³/mol. The lowest BCUT2D eigenvalue weighted by atomic mass is 10.1. The Kier molecular flexibility index (Phi) is 44.5. The van der Waals surface area contributed by atoms with Crippen molar-refractivity contribution in [3.63, 3.8) is 0 Å². The first-order chi connectivity index (χ1) is 31.6. The van der Waals surface area contributed by atoms with Crippen LogP contribution in [0.1, 0.15) is 206 Å².